The first-order chi connectivity index (χ1) is 24.4. The molecule has 2 saturated heterocycles. The molecular formula is C36H39N5O10. The van der Waals surface area contributed by atoms with Crippen molar-refractivity contribution in [3.05, 3.63) is 89.5 Å². The number of H-pyrrole nitrogens is 1. The van der Waals surface area contributed by atoms with Crippen LogP contribution in [0.25, 0.3) is 10.9 Å². The van der Waals surface area contributed by atoms with Crippen molar-refractivity contribution in [1.82, 2.24) is 14.8 Å². The van der Waals surface area contributed by atoms with E-state index in [1.54, 1.807) is 30.1 Å². The number of carbonyl (C=O) groups is 3. The predicted octanol–water partition coefficient (Wildman–Crippen LogP) is 1.30. The Morgan fingerprint density at radius 2 is 1.61 bits per heavy atom. The summed E-state index contributed by atoms with van der Waals surface area (Å²) >= 11 is 0. The molecule has 4 aromatic rings. The summed E-state index contributed by atoms with van der Waals surface area (Å²) in [5, 5.41) is 51.2. The Balaban J connectivity index is 1.25. The first-order valence-corrected chi connectivity index (χ1v) is 16.3. The molecular weight excluding hydrogens is 662 g/mol. The number of anilines is 1. The number of aliphatic imine (C=N–C) groups is 1. The summed E-state index contributed by atoms with van der Waals surface area (Å²) in [5.74, 6) is -2.88. The highest BCUT2D eigenvalue weighted by molar-refractivity contribution is 6.22. The fraction of sp³-hybridized carbons (Fsp3) is 0.333. The molecule has 5 atom stereocenters. The minimum atomic E-state index is -1.94. The normalized spacial score (nSPS) is 23.2. The van der Waals surface area contributed by atoms with Crippen LogP contribution >= 0.6 is 0 Å². The van der Waals surface area contributed by atoms with Gasteiger partial charge in [0, 0.05) is 55.4 Å². The zero-order chi connectivity index (χ0) is 36.4. The van der Waals surface area contributed by atoms with Gasteiger partial charge in [-0.15, -0.1) is 0 Å². The van der Waals surface area contributed by atoms with E-state index in [2.05, 4.69) is 21.8 Å². The Hall–Kier alpha value is -5.16. The maximum atomic E-state index is 13.1. The number of rotatable bonds is 9. The van der Waals surface area contributed by atoms with Crippen molar-refractivity contribution in [3.63, 3.8) is 0 Å². The highest BCUT2D eigenvalue weighted by atomic mass is 16.7. The summed E-state index contributed by atoms with van der Waals surface area (Å²) in [6, 6.07) is 20.7. The molecule has 15 nitrogen and oxygen atoms in total. The third kappa shape index (κ3) is 7.63. The lowest BCUT2D eigenvalue weighted by molar-refractivity contribution is -0.278. The Morgan fingerprint density at radius 1 is 0.922 bits per heavy atom. The number of carboxylic acid groups (broad SMARTS) is 1. The second kappa shape index (κ2) is 15.0. The maximum absolute atomic E-state index is 13.1. The van der Waals surface area contributed by atoms with E-state index in [9.17, 15) is 39.9 Å². The van der Waals surface area contributed by atoms with Crippen LogP contribution in [-0.2, 0) is 19.1 Å². The van der Waals surface area contributed by atoms with Crippen LogP contribution in [0.4, 0.5) is 11.4 Å². The molecule has 0 aliphatic carbocycles. The SMILES string of the molecule is CN1CCN(CC(=O)N(C)c2ccc(N=C(c3ccccc3)c3c(O)[nH]c4cc(C(=O)O[C@@H]5O[C@@H](C(=O)O)[C@H](O)[C@@H](O)[C@@H]5O)ccc34)cc2)CC1. The van der Waals surface area contributed by atoms with Gasteiger partial charge in [0.15, 0.2) is 12.0 Å². The van der Waals surface area contributed by atoms with E-state index in [0.717, 1.165) is 26.2 Å². The van der Waals surface area contributed by atoms with E-state index in [1.807, 2.05) is 42.5 Å². The Labute approximate surface area is 292 Å². The zero-order valence-corrected chi connectivity index (χ0v) is 27.9. The summed E-state index contributed by atoms with van der Waals surface area (Å²) in [7, 11) is 3.81. The van der Waals surface area contributed by atoms with Crippen LogP contribution < -0.4 is 4.90 Å². The van der Waals surface area contributed by atoms with Gasteiger partial charge in [0.1, 0.15) is 18.3 Å². The lowest BCUT2D eigenvalue weighted by Crippen LogP contribution is -2.60. The lowest BCUT2D eigenvalue weighted by Gasteiger charge is -2.37. The number of esters is 1. The fourth-order valence-electron chi connectivity index (χ4n) is 6.06. The Morgan fingerprint density at radius 3 is 2.27 bits per heavy atom. The molecule has 15 heteroatoms. The van der Waals surface area contributed by atoms with Crippen molar-refractivity contribution >= 4 is 45.8 Å². The van der Waals surface area contributed by atoms with Crippen LogP contribution in [0, 0.1) is 0 Å². The smallest absolute Gasteiger partial charge is 0.340 e. The number of aliphatic carboxylic acids is 1. The molecule has 268 valence electrons. The number of likely N-dealkylation sites (N-methyl/N-ethyl adjacent to an activating group) is 2. The van der Waals surface area contributed by atoms with Crippen LogP contribution in [0.3, 0.4) is 0 Å². The number of hydrogen-bond acceptors (Lipinski definition) is 12. The van der Waals surface area contributed by atoms with E-state index < -0.39 is 42.6 Å². The summed E-state index contributed by atoms with van der Waals surface area (Å²) in [5.41, 5.74) is 3.03. The molecule has 0 radical (unpaired) electrons. The summed E-state index contributed by atoms with van der Waals surface area (Å²) in [4.78, 5) is 51.3. The van der Waals surface area contributed by atoms with Crippen molar-refractivity contribution < 1.29 is 49.4 Å². The number of aliphatic hydroxyl groups is 3. The number of aliphatic hydroxyl groups excluding tert-OH is 3. The van der Waals surface area contributed by atoms with Gasteiger partial charge in [0.05, 0.1) is 29.1 Å². The standard InChI is InChI=1S/C36H39N5O10/c1-39-14-16-41(17-15-39)19-26(42)40(2)23-11-9-22(10-12-23)37-28(20-6-4-3-5-7-20)27-24-13-8-21(18-25(24)38-33(27)46)35(49)51-36-31(45)29(43)30(44)32(50-36)34(47)48/h3-13,18,29-32,36,38,43-46H,14-17,19H2,1-2H3,(H,47,48)/t29-,30-,31+,32-,36+/m1/s1. The topological polar surface area (TPSA) is 209 Å². The number of aromatic nitrogens is 1. The molecule has 2 aliphatic heterocycles. The molecule has 1 amide bonds. The van der Waals surface area contributed by atoms with Gasteiger partial charge in [-0.2, -0.15) is 0 Å². The largest absolute Gasteiger partial charge is 0.494 e. The third-order valence-electron chi connectivity index (χ3n) is 9.14. The van der Waals surface area contributed by atoms with E-state index in [-0.39, 0.29) is 17.4 Å². The molecule has 2 aliphatic rings. The summed E-state index contributed by atoms with van der Waals surface area (Å²) in [6.45, 7) is 3.84. The summed E-state index contributed by atoms with van der Waals surface area (Å²) < 4.78 is 10.2. The number of nitrogens with one attached hydrogen (secondary N) is 1. The number of aromatic amines is 1. The van der Waals surface area contributed by atoms with E-state index in [4.69, 9.17) is 14.5 Å². The highest BCUT2D eigenvalue weighted by Crippen LogP contribution is 2.33. The average molecular weight is 702 g/mol. The molecule has 1 aromatic heterocycles. The molecule has 6 rings (SSSR count). The summed E-state index contributed by atoms with van der Waals surface area (Å²) in [6.07, 6.45) is -9.60. The molecule has 0 spiro atoms. The molecule has 0 saturated carbocycles. The molecule has 0 bridgehead atoms. The van der Waals surface area contributed by atoms with Crippen molar-refractivity contribution in [1.29, 1.82) is 0 Å². The Kier molecular flexibility index (Phi) is 10.5. The fourth-order valence-corrected chi connectivity index (χ4v) is 6.06. The molecule has 3 heterocycles. The molecule has 2 fully saturated rings. The van der Waals surface area contributed by atoms with Crippen LogP contribution in [0.15, 0.2) is 77.8 Å². The van der Waals surface area contributed by atoms with Gasteiger partial charge in [0.2, 0.25) is 12.2 Å². The van der Waals surface area contributed by atoms with Gasteiger partial charge in [-0.05, 0) is 43.4 Å². The number of carbonyl (C=O) groups excluding carboxylic acids is 2. The minimum absolute atomic E-state index is 0.0176. The number of aromatic hydroxyl groups is 1. The van der Waals surface area contributed by atoms with Crippen LogP contribution in [0.5, 0.6) is 5.88 Å². The molecule has 6 N–H and O–H groups in total. The number of piperazine rings is 1. The van der Waals surface area contributed by atoms with Crippen molar-refractivity contribution in [2.75, 3.05) is 51.7 Å². The van der Waals surface area contributed by atoms with Gasteiger partial charge in [-0.3, -0.25) is 9.69 Å². The van der Waals surface area contributed by atoms with Crippen molar-refractivity contribution in [2.45, 2.75) is 30.7 Å². The molecule has 51 heavy (non-hydrogen) atoms. The Bertz CT molecular complexity index is 1920. The number of hydrogen-bond donors (Lipinski definition) is 6. The monoisotopic (exact) mass is 701 g/mol. The second-order valence-corrected chi connectivity index (χ2v) is 12.6. The van der Waals surface area contributed by atoms with Gasteiger partial charge in [-0.1, -0.05) is 36.4 Å². The highest BCUT2D eigenvalue weighted by Gasteiger charge is 2.48. The predicted molar refractivity (Wildman–Crippen MR) is 185 cm³/mol. The number of fused-ring (bicyclic) bond motifs is 1. The van der Waals surface area contributed by atoms with Gasteiger partial charge in [0.25, 0.3) is 0 Å². The minimum Gasteiger partial charge on any atom is -0.494 e. The van der Waals surface area contributed by atoms with Crippen molar-refractivity contribution in [3.8, 4) is 5.88 Å². The third-order valence-corrected chi connectivity index (χ3v) is 9.14. The van der Waals surface area contributed by atoms with E-state index in [0.29, 0.717) is 45.7 Å². The van der Waals surface area contributed by atoms with E-state index in [1.165, 1.54) is 12.1 Å². The molecule has 3 aromatic carbocycles. The van der Waals surface area contributed by atoms with Crippen LogP contribution in [0.2, 0.25) is 0 Å². The number of amides is 1. The number of nitrogens with zero attached hydrogens (tertiary/aromatic N) is 4. The van der Waals surface area contributed by atoms with Crippen LogP contribution in [0.1, 0.15) is 21.5 Å². The lowest BCUT2D eigenvalue weighted by atomic mass is 9.99. The zero-order valence-electron chi connectivity index (χ0n) is 27.9. The van der Waals surface area contributed by atoms with Crippen LogP contribution in [-0.4, -0.2) is 141 Å². The maximum Gasteiger partial charge on any atom is 0.340 e. The average Bonchev–Trinajstić information content (AvgIpc) is 3.46. The van der Waals surface area contributed by atoms with Gasteiger partial charge in [-0.25, -0.2) is 14.6 Å². The van der Waals surface area contributed by atoms with Gasteiger partial charge >= 0.3 is 11.9 Å². The number of ether oxygens (including phenoxy) is 2. The second-order valence-electron chi connectivity index (χ2n) is 12.6. The van der Waals surface area contributed by atoms with E-state index >= 15 is 0 Å². The van der Waals surface area contributed by atoms with Gasteiger partial charge < -0.3 is 49.8 Å². The molecule has 0 unspecified atom stereocenters. The van der Waals surface area contributed by atoms with Crippen molar-refractivity contribution in [2.24, 2.45) is 4.99 Å². The number of benzene rings is 3. The number of carboxylic acids is 1. The first-order valence-electron chi connectivity index (χ1n) is 16.3. The first kappa shape index (κ1) is 35.7. The quantitative estimate of drug-likeness (QED) is 0.108.